The fraction of sp³-hybridized carbons (Fsp3) is 0.529. The van der Waals surface area contributed by atoms with Crippen molar-refractivity contribution in [1.82, 2.24) is 14.3 Å². The molecule has 0 spiro atoms. The summed E-state index contributed by atoms with van der Waals surface area (Å²) in [6, 6.07) is 5.36. The summed E-state index contributed by atoms with van der Waals surface area (Å²) in [5, 5.41) is 9.94. The van der Waals surface area contributed by atoms with Gasteiger partial charge in [0.25, 0.3) is 5.56 Å². The topological polar surface area (TPSA) is 67.1 Å². The average Bonchev–Trinajstić information content (AvgIpc) is 3.00. The highest BCUT2D eigenvalue weighted by Gasteiger charge is 2.40. The van der Waals surface area contributed by atoms with Crippen LogP contribution >= 0.6 is 11.6 Å². The molecule has 3 atom stereocenters. The Kier molecular flexibility index (Phi) is 4.30. The number of morpholine rings is 1. The van der Waals surface area contributed by atoms with Gasteiger partial charge in [-0.05, 0) is 30.9 Å². The van der Waals surface area contributed by atoms with Gasteiger partial charge in [0.1, 0.15) is 5.65 Å². The van der Waals surface area contributed by atoms with Crippen molar-refractivity contribution in [3.8, 4) is 0 Å². The second-order valence-electron chi connectivity index (χ2n) is 6.63. The van der Waals surface area contributed by atoms with Crippen LogP contribution in [0.3, 0.4) is 0 Å². The zero-order valence-electron chi connectivity index (χ0n) is 13.3. The lowest BCUT2D eigenvalue weighted by Gasteiger charge is -2.37. The van der Waals surface area contributed by atoms with Crippen molar-refractivity contribution in [2.75, 3.05) is 19.8 Å². The van der Waals surface area contributed by atoms with Gasteiger partial charge in [-0.15, -0.1) is 0 Å². The Hall–Kier alpha value is -1.47. The first-order valence-electron chi connectivity index (χ1n) is 8.28. The van der Waals surface area contributed by atoms with E-state index in [2.05, 4.69) is 9.88 Å². The smallest absolute Gasteiger partial charge is 0.258 e. The second kappa shape index (κ2) is 6.44. The molecule has 1 aliphatic carbocycles. The maximum Gasteiger partial charge on any atom is 0.258 e. The van der Waals surface area contributed by atoms with Crippen molar-refractivity contribution >= 4 is 17.2 Å². The Morgan fingerprint density at radius 3 is 3.08 bits per heavy atom. The number of aromatic nitrogens is 2. The molecule has 4 rings (SSSR count). The molecule has 0 amide bonds. The Balaban J connectivity index is 1.59. The lowest BCUT2D eigenvalue weighted by atomic mass is 10.1. The van der Waals surface area contributed by atoms with Crippen LogP contribution in [0, 0.1) is 5.92 Å². The summed E-state index contributed by atoms with van der Waals surface area (Å²) in [5.74, 6) is 0.304. The molecule has 0 aromatic carbocycles. The number of halogens is 1. The van der Waals surface area contributed by atoms with E-state index in [-0.39, 0.29) is 18.3 Å². The van der Waals surface area contributed by atoms with Crippen LogP contribution in [0.2, 0.25) is 5.02 Å². The van der Waals surface area contributed by atoms with Crippen LogP contribution < -0.4 is 5.56 Å². The summed E-state index contributed by atoms with van der Waals surface area (Å²) >= 11 is 5.94. The number of hydrogen-bond donors (Lipinski definition) is 1. The largest absolute Gasteiger partial charge is 0.396 e. The van der Waals surface area contributed by atoms with Gasteiger partial charge >= 0.3 is 0 Å². The van der Waals surface area contributed by atoms with Gasteiger partial charge in [0.05, 0.1) is 23.4 Å². The van der Waals surface area contributed by atoms with Crippen molar-refractivity contribution in [2.24, 2.45) is 5.92 Å². The molecule has 2 aromatic heterocycles. The number of pyridine rings is 1. The Morgan fingerprint density at radius 1 is 1.38 bits per heavy atom. The molecule has 7 heteroatoms. The summed E-state index contributed by atoms with van der Waals surface area (Å²) < 4.78 is 7.32. The fourth-order valence-corrected chi connectivity index (χ4v) is 4.05. The normalized spacial score (nSPS) is 27.5. The summed E-state index contributed by atoms with van der Waals surface area (Å²) in [7, 11) is 0. The molecule has 6 nitrogen and oxygen atoms in total. The highest BCUT2D eigenvalue weighted by atomic mass is 35.5. The summed E-state index contributed by atoms with van der Waals surface area (Å²) in [5.41, 5.74) is 1.24. The minimum absolute atomic E-state index is 0.123. The Labute approximate surface area is 144 Å². The fourth-order valence-electron chi connectivity index (χ4n) is 3.89. The van der Waals surface area contributed by atoms with Crippen LogP contribution in [-0.4, -0.2) is 51.3 Å². The van der Waals surface area contributed by atoms with Crippen molar-refractivity contribution < 1.29 is 9.84 Å². The van der Waals surface area contributed by atoms with E-state index < -0.39 is 0 Å². The van der Waals surface area contributed by atoms with Gasteiger partial charge in [0.15, 0.2) is 0 Å². The quantitative estimate of drug-likeness (QED) is 0.905. The van der Waals surface area contributed by atoms with Gasteiger partial charge in [-0.25, -0.2) is 4.98 Å². The van der Waals surface area contributed by atoms with Gasteiger partial charge in [-0.3, -0.25) is 14.1 Å². The maximum atomic E-state index is 12.3. The highest BCUT2D eigenvalue weighted by Crippen LogP contribution is 2.34. The molecule has 0 radical (unpaired) electrons. The molecule has 1 saturated carbocycles. The minimum atomic E-state index is -0.123. The van der Waals surface area contributed by atoms with Crippen molar-refractivity contribution in [1.29, 1.82) is 0 Å². The molecule has 1 saturated heterocycles. The number of rotatable bonds is 3. The Morgan fingerprint density at radius 2 is 2.25 bits per heavy atom. The zero-order valence-corrected chi connectivity index (χ0v) is 14.0. The van der Waals surface area contributed by atoms with Crippen LogP contribution in [-0.2, 0) is 11.3 Å². The molecule has 2 aliphatic rings. The first-order valence-corrected chi connectivity index (χ1v) is 8.66. The average molecular weight is 350 g/mol. The van der Waals surface area contributed by atoms with Crippen LogP contribution in [0.1, 0.15) is 18.5 Å². The van der Waals surface area contributed by atoms with E-state index in [9.17, 15) is 9.90 Å². The number of fused-ring (bicyclic) bond motifs is 2. The monoisotopic (exact) mass is 349 g/mol. The van der Waals surface area contributed by atoms with Crippen molar-refractivity contribution in [2.45, 2.75) is 31.5 Å². The molecule has 0 unspecified atom stereocenters. The lowest BCUT2D eigenvalue weighted by molar-refractivity contribution is -0.0594. The number of ether oxygens (including phenoxy) is 1. The molecular formula is C17H20ClN3O3. The molecule has 2 aromatic rings. The van der Waals surface area contributed by atoms with E-state index in [1.54, 1.807) is 24.4 Å². The predicted molar refractivity (Wildman–Crippen MR) is 90.2 cm³/mol. The first kappa shape index (κ1) is 16.0. The van der Waals surface area contributed by atoms with E-state index >= 15 is 0 Å². The molecule has 3 heterocycles. The summed E-state index contributed by atoms with van der Waals surface area (Å²) in [6.07, 6.45) is 3.60. The molecule has 24 heavy (non-hydrogen) atoms. The van der Waals surface area contributed by atoms with Crippen LogP contribution in [0.25, 0.3) is 5.65 Å². The third-order valence-corrected chi connectivity index (χ3v) is 5.27. The molecule has 1 N–H and O–H groups in total. The minimum Gasteiger partial charge on any atom is -0.396 e. The van der Waals surface area contributed by atoms with E-state index in [4.69, 9.17) is 16.3 Å². The highest BCUT2D eigenvalue weighted by molar-refractivity contribution is 6.30. The molecule has 1 aliphatic heterocycles. The van der Waals surface area contributed by atoms with Crippen LogP contribution in [0.15, 0.2) is 29.2 Å². The lowest BCUT2D eigenvalue weighted by Crippen LogP contribution is -2.48. The Bertz CT molecular complexity index is 809. The SMILES string of the molecule is O=c1cc(CN2CCO[C@H]3C[C@H](CO)C[C@@H]32)nc2ccc(Cl)cn12. The van der Waals surface area contributed by atoms with Crippen LogP contribution in [0.4, 0.5) is 0 Å². The van der Waals surface area contributed by atoms with E-state index in [1.807, 2.05) is 0 Å². The van der Waals surface area contributed by atoms with Gasteiger partial charge in [0.2, 0.25) is 0 Å². The van der Waals surface area contributed by atoms with Gasteiger partial charge in [-0.2, -0.15) is 0 Å². The molecule has 128 valence electrons. The maximum absolute atomic E-state index is 12.3. The van der Waals surface area contributed by atoms with E-state index in [1.165, 1.54) is 4.40 Å². The van der Waals surface area contributed by atoms with E-state index in [0.29, 0.717) is 35.8 Å². The van der Waals surface area contributed by atoms with E-state index in [0.717, 1.165) is 25.1 Å². The number of aliphatic hydroxyl groups is 1. The van der Waals surface area contributed by atoms with Crippen molar-refractivity contribution in [3.05, 3.63) is 45.5 Å². The number of aliphatic hydroxyl groups excluding tert-OH is 1. The van der Waals surface area contributed by atoms with Gasteiger partial charge in [-0.1, -0.05) is 11.6 Å². The predicted octanol–water partition coefficient (Wildman–Crippen LogP) is 1.32. The molecular weight excluding hydrogens is 330 g/mol. The van der Waals surface area contributed by atoms with Crippen LogP contribution in [0.5, 0.6) is 0 Å². The first-order chi connectivity index (χ1) is 11.6. The van der Waals surface area contributed by atoms with Crippen molar-refractivity contribution in [3.63, 3.8) is 0 Å². The third-order valence-electron chi connectivity index (χ3n) is 5.05. The second-order valence-corrected chi connectivity index (χ2v) is 7.06. The molecule has 2 fully saturated rings. The number of nitrogens with zero attached hydrogens (tertiary/aromatic N) is 3. The summed E-state index contributed by atoms with van der Waals surface area (Å²) in [6.45, 7) is 2.33. The third kappa shape index (κ3) is 2.95. The zero-order chi connectivity index (χ0) is 16.7. The van der Waals surface area contributed by atoms with Gasteiger partial charge in [0, 0.05) is 38.0 Å². The standard InChI is InChI=1S/C17H20ClN3O3/c18-12-1-2-16-19-13(7-17(23)21(16)8-12)9-20-3-4-24-15-6-11(10-22)5-14(15)20/h1-2,7-8,11,14-15,22H,3-6,9-10H2/t11-,14+,15+/m1/s1. The van der Waals surface area contributed by atoms with Gasteiger partial charge < -0.3 is 9.84 Å². The molecule has 0 bridgehead atoms. The summed E-state index contributed by atoms with van der Waals surface area (Å²) in [4.78, 5) is 19.2. The number of hydrogen-bond acceptors (Lipinski definition) is 5.